The molecule has 0 spiro atoms. The number of benzene rings is 1. The maximum Gasteiger partial charge on any atom is 0.352 e. The van der Waals surface area contributed by atoms with E-state index in [-0.39, 0.29) is 0 Å². The van der Waals surface area contributed by atoms with Crippen molar-refractivity contribution in [2.75, 3.05) is 5.73 Å². The fourth-order valence-electron chi connectivity index (χ4n) is 1.83. The monoisotopic (exact) mass is 230 g/mol. The summed E-state index contributed by atoms with van der Waals surface area (Å²) in [5, 5.41) is 9.07. The molecular weight excluding hydrogens is 216 g/mol. The third-order valence-electron chi connectivity index (χ3n) is 2.68. The summed E-state index contributed by atoms with van der Waals surface area (Å²) < 4.78 is 1.71. The molecule has 2 rings (SSSR count). The first-order valence-electron chi connectivity index (χ1n) is 5.41. The van der Waals surface area contributed by atoms with Crippen molar-refractivity contribution in [3.05, 3.63) is 42.2 Å². The van der Waals surface area contributed by atoms with E-state index in [1.807, 2.05) is 31.3 Å². The van der Waals surface area contributed by atoms with Gasteiger partial charge in [-0.25, -0.2) is 4.79 Å². The number of anilines is 1. The molecule has 0 radical (unpaired) electrons. The molecule has 0 bridgehead atoms. The van der Waals surface area contributed by atoms with Gasteiger partial charge in [-0.05, 0) is 30.7 Å². The van der Waals surface area contributed by atoms with Crippen LogP contribution >= 0.6 is 0 Å². The molecule has 0 amide bonds. The van der Waals surface area contributed by atoms with E-state index in [2.05, 4.69) is 0 Å². The lowest BCUT2D eigenvalue weighted by Gasteiger charge is -2.00. The molecule has 0 aliphatic carbocycles. The molecule has 0 saturated carbocycles. The van der Waals surface area contributed by atoms with Crippen molar-refractivity contribution >= 4 is 11.7 Å². The third-order valence-corrected chi connectivity index (χ3v) is 2.68. The molecule has 88 valence electrons. The summed E-state index contributed by atoms with van der Waals surface area (Å²) in [6.45, 7) is 2.54. The SMILES string of the molecule is CCn1cc(-c2cccc(N)c2)cc1C(=O)O. The third kappa shape index (κ3) is 2.15. The minimum Gasteiger partial charge on any atom is -0.477 e. The number of nitrogens with zero attached hydrogens (tertiary/aromatic N) is 1. The van der Waals surface area contributed by atoms with Gasteiger partial charge in [-0.15, -0.1) is 0 Å². The van der Waals surface area contributed by atoms with Crippen molar-refractivity contribution in [2.45, 2.75) is 13.5 Å². The van der Waals surface area contributed by atoms with Crippen LogP contribution in [0.25, 0.3) is 11.1 Å². The fraction of sp³-hybridized carbons (Fsp3) is 0.154. The Morgan fingerprint density at radius 3 is 2.65 bits per heavy atom. The highest BCUT2D eigenvalue weighted by Gasteiger charge is 2.12. The lowest BCUT2D eigenvalue weighted by atomic mass is 10.1. The number of hydrogen-bond acceptors (Lipinski definition) is 2. The largest absolute Gasteiger partial charge is 0.477 e. The van der Waals surface area contributed by atoms with Gasteiger partial charge >= 0.3 is 5.97 Å². The number of rotatable bonds is 3. The number of carboxylic acids is 1. The normalized spacial score (nSPS) is 10.4. The first-order chi connectivity index (χ1) is 8.11. The second-order valence-corrected chi connectivity index (χ2v) is 3.83. The number of nitrogens with two attached hydrogens (primary N) is 1. The van der Waals surface area contributed by atoms with Crippen LogP contribution < -0.4 is 5.73 Å². The number of aromatic carboxylic acids is 1. The number of hydrogen-bond donors (Lipinski definition) is 2. The summed E-state index contributed by atoms with van der Waals surface area (Å²) in [4.78, 5) is 11.0. The van der Waals surface area contributed by atoms with Gasteiger partial charge in [-0.3, -0.25) is 0 Å². The van der Waals surface area contributed by atoms with Gasteiger partial charge in [-0.1, -0.05) is 12.1 Å². The highest BCUT2D eigenvalue weighted by atomic mass is 16.4. The van der Waals surface area contributed by atoms with Gasteiger partial charge in [-0.2, -0.15) is 0 Å². The Kier molecular flexibility index (Phi) is 2.87. The zero-order chi connectivity index (χ0) is 12.4. The zero-order valence-corrected chi connectivity index (χ0v) is 9.55. The Labute approximate surface area is 99.3 Å². The summed E-state index contributed by atoms with van der Waals surface area (Å²) in [5.41, 5.74) is 8.48. The van der Waals surface area contributed by atoms with Crippen molar-refractivity contribution < 1.29 is 9.90 Å². The average Bonchev–Trinajstić information content (AvgIpc) is 2.73. The van der Waals surface area contributed by atoms with E-state index in [0.29, 0.717) is 17.9 Å². The van der Waals surface area contributed by atoms with Gasteiger partial charge in [0, 0.05) is 24.0 Å². The van der Waals surface area contributed by atoms with Crippen LogP contribution in [0, 0.1) is 0 Å². The minimum atomic E-state index is -0.915. The summed E-state index contributed by atoms with van der Waals surface area (Å²) in [5.74, 6) is -0.915. The van der Waals surface area contributed by atoms with Crippen LogP contribution in [0.1, 0.15) is 17.4 Å². The highest BCUT2D eigenvalue weighted by Crippen LogP contribution is 2.24. The average molecular weight is 230 g/mol. The van der Waals surface area contributed by atoms with E-state index in [0.717, 1.165) is 11.1 Å². The Morgan fingerprint density at radius 1 is 1.35 bits per heavy atom. The topological polar surface area (TPSA) is 68.2 Å². The molecule has 4 heteroatoms. The lowest BCUT2D eigenvalue weighted by Crippen LogP contribution is -2.05. The van der Waals surface area contributed by atoms with Crippen LogP contribution in [0.3, 0.4) is 0 Å². The summed E-state index contributed by atoms with van der Waals surface area (Å²) in [6, 6.07) is 9.08. The van der Waals surface area contributed by atoms with Gasteiger partial charge in [0.1, 0.15) is 5.69 Å². The molecule has 0 fully saturated rings. The molecule has 0 atom stereocenters. The van der Waals surface area contributed by atoms with Crippen LogP contribution in [0.2, 0.25) is 0 Å². The smallest absolute Gasteiger partial charge is 0.352 e. The van der Waals surface area contributed by atoms with E-state index in [9.17, 15) is 4.79 Å². The second-order valence-electron chi connectivity index (χ2n) is 3.83. The standard InChI is InChI=1S/C13H14N2O2/c1-2-15-8-10(7-12(15)13(16)17)9-4-3-5-11(14)6-9/h3-8H,2,14H2,1H3,(H,16,17). The number of nitrogen functional groups attached to an aromatic ring is 1. The van der Waals surface area contributed by atoms with Crippen molar-refractivity contribution in [3.8, 4) is 11.1 Å². The van der Waals surface area contributed by atoms with Crippen LogP contribution in [0.4, 0.5) is 5.69 Å². The maximum absolute atomic E-state index is 11.0. The first-order valence-corrected chi connectivity index (χ1v) is 5.41. The Bertz CT molecular complexity index is 558. The second kappa shape index (κ2) is 4.33. The molecular formula is C13H14N2O2. The van der Waals surface area contributed by atoms with Crippen molar-refractivity contribution in [2.24, 2.45) is 0 Å². The van der Waals surface area contributed by atoms with Crippen molar-refractivity contribution in [1.82, 2.24) is 4.57 Å². The number of aryl methyl sites for hydroxylation is 1. The Balaban J connectivity index is 2.50. The van der Waals surface area contributed by atoms with E-state index in [4.69, 9.17) is 10.8 Å². The Morgan fingerprint density at radius 2 is 2.12 bits per heavy atom. The quantitative estimate of drug-likeness (QED) is 0.796. The van der Waals surface area contributed by atoms with Crippen LogP contribution in [0.5, 0.6) is 0 Å². The molecule has 0 aliphatic heterocycles. The van der Waals surface area contributed by atoms with Crippen LogP contribution in [0.15, 0.2) is 36.5 Å². The predicted octanol–water partition coefficient (Wildman–Crippen LogP) is 2.46. The zero-order valence-electron chi connectivity index (χ0n) is 9.55. The summed E-state index contributed by atoms with van der Waals surface area (Å²) in [7, 11) is 0. The van der Waals surface area contributed by atoms with Gasteiger partial charge in [0.2, 0.25) is 0 Å². The van der Waals surface area contributed by atoms with Crippen LogP contribution in [-0.2, 0) is 6.54 Å². The van der Waals surface area contributed by atoms with Gasteiger partial charge < -0.3 is 15.4 Å². The molecule has 1 aromatic heterocycles. The number of carbonyl (C=O) groups is 1. The summed E-state index contributed by atoms with van der Waals surface area (Å²) >= 11 is 0. The van der Waals surface area contributed by atoms with E-state index in [1.54, 1.807) is 16.7 Å². The van der Waals surface area contributed by atoms with E-state index < -0.39 is 5.97 Å². The van der Waals surface area contributed by atoms with Gasteiger partial charge in [0.25, 0.3) is 0 Å². The number of aromatic nitrogens is 1. The fourth-order valence-corrected chi connectivity index (χ4v) is 1.83. The minimum absolute atomic E-state index is 0.296. The predicted molar refractivity (Wildman–Crippen MR) is 66.9 cm³/mol. The van der Waals surface area contributed by atoms with Gasteiger partial charge in [0.15, 0.2) is 0 Å². The summed E-state index contributed by atoms with van der Waals surface area (Å²) in [6.07, 6.45) is 1.83. The molecule has 1 heterocycles. The van der Waals surface area contributed by atoms with Crippen molar-refractivity contribution in [3.63, 3.8) is 0 Å². The first kappa shape index (κ1) is 11.3. The molecule has 0 unspecified atom stereocenters. The molecule has 4 nitrogen and oxygen atoms in total. The lowest BCUT2D eigenvalue weighted by molar-refractivity contribution is 0.0685. The van der Waals surface area contributed by atoms with Crippen LogP contribution in [-0.4, -0.2) is 15.6 Å². The highest BCUT2D eigenvalue weighted by molar-refractivity contribution is 5.88. The molecule has 0 saturated heterocycles. The van der Waals surface area contributed by atoms with Crippen molar-refractivity contribution in [1.29, 1.82) is 0 Å². The molecule has 3 N–H and O–H groups in total. The van der Waals surface area contributed by atoms with E-state index >= 15 is 0 Å². The number of carboxylic acid groups (broad SMARTS) is 1. The van der Waals surface area contributed by atoms with Gasteiger partial charge in [0.05, 0.1) is 0 Å². The maximum atomic E-state index is 11.0. The van der Waals surface area contributed by atoms with E-state index in [1.165, 1.54) is 0 Å². The molecule has 1 aromatic carbocycles. The molecule has 2 aromatic rings. The Hall–Kier alpha value is -2.23. The molecule has 0 aliphatic rings. The molecule has 17 heavy (non-hydrogen) atoms.